The van der Waals surface area contributed by atoms with Gasteiger partial charge in [0.25, 0.3) is 5.91 Å². The number of hydrogen-bond acceptors (Lipinski definition) is 4. The van der Waals surface area contributed by atoms with E-state index in [4.69, 9.17) is 15.6 Å². The summed E-state index contributed by atoms with van der Waals surface area (Å²) in [7, 11) is 0. The van der Waals surface area contributed by atoms with Gasteiger partial charge in [-0.15, -0.1) is 0 Å². The lowest BCUT2D eigenvalue weighted by Gasteiger charge is -2.15. The molecule has 1 aliphatic rings. The first-order chi connectivity index (χ1) is 9.47. The standard InChI is InChI=1S/C13H15FN2O4/c14-7-1-3-10(9(5-7)12(15)17)16-6-8-2-4-11(20-8)13(18)19/h1,3,5,8,11,16H,2,4,6H2,(H2,15,17)(H,18,19). The van der Waals surface area contributed by atoms with Crippen LogP contribution in [0.2, 0.25) is 0 Å². The third kappa shape index (κ3) is 3.24. The minimum atomic E-state index is -0.980. The Morgan fingerprint density at radius 2 is 2.20 bits per heavy atom. The number of aliphatic carboxylic acids is 1. The van der Waals surface area contributed by atoms with Gasteiger partial charge in [0.05, 0.1) is 11.7 Å². The van der Waals surface area contributed by atoms with Gasteiger partial charge in [0.1, 0.15) is 5.82 Å². The molecule has 7 heteroatoms. The lowest BCUT2D eigenvalue weighted by atomic mass is 10.1. The number of carboxylic acids is 1. The number of amides is 1. The molecule has 1 saturated heterocycles. The molecule has 0 aliphatic carbocycles. The summed E-state index contributed by atoms with van der Waals surface area (Å²) in [5, 5.41) is 11.8. The normalized spacial score (nSPS) is 21.6. The number of nitrogens with one attached hydrogen (secondary N) is 1. The van der Waals surface area contributed by atoms with Gasteiger partial charge in [-0.2, -0.15) is 0 Å². The molecule has 0 radical (unpaired) electrons. The topological polar surface area (TPSA) is 102 Å². The molecule has 1 aliphatic heterocycles. The number of nitrogens with two attached hydrogens (primary N) is 1. The molecule has 0 spiro atoms. The Labute approximate surface area is 114 Å². The number of primary amides is 1. The zero-order valence-electron chi connectivity index (χ0n) is 10.6. The number of ether oxygens (including phenoxy) is 1. The summed E-state index contributed by atoms with van der Waals surface area (Å²) < 4.78 is 18.4. The molecule has 0 aromatic heterocycles. The highest BCUT2D eigenvalue weighted by molar-refractivity contribution is 5.98. The van der Waals surface area contributed by atoms with Gasteiger partial charge in [-0.3, -0.25) is 4.79 Å². The Bertz CT molecular complexity index is 535. The van der Waals surface area contributed by atoms with Crippen molar-refractivity contribution in [3.63, 3.8) is 0 Å². The summed E-state index contributed by atoms with van der Waals surface area (Å²) in [6, 6.07) is 3.68. The molecular weight excluding hydrogens is 267 g/mol. The number of halogens is 1. The molecule has 1 amide bonds. The van der Waals surface area contributed by atoms with Crippen molar-refractivity contribution in [3.8, 4) is 0 Å². The van der Waals surface area contributed by atoms with Gasteiger partial charge in [0, 0.05) is 12.2 Å². The molecule has 1 heterocycles. The molecule has 6 nitrogen and oxygen atoms in total. The van der Waals surface area contributed by atoms with E-state index in [9.17, 15) is 14.0 Å². The molecule has 0 saturated carbocycles. The van der Waals surface area contributed by atoms with Crippen molar-refractivity contribution in [3.05, 3.63) is 29.6 Å². The first-order valence-electron chi connectivity index (χ1n) is 6.19. The highest BCUT2D eigenvalue weighted by Gasteiger charge is 2.30. The van der Waals surface area contributed by atoms with Crippen molar-refractivity contribution in [1.82, 2.24) is 0 Å². The minimum absolute atomic E-state index is 0.0535. The maximum Gasteiger partial charge on any atom is 0.332 e. The van der Waals surface area contributed by atoms with Gasteiger partial charge in [-0.25, -0.2) is 9.18 Å². The SMILES string of the molecule is NC(=O)c1cc(F)ccc1NCC1CCC(C(=O)O)O1. The van der Waals surface area contributed by atoms with E-state index in [2.05, 4.69) is 5.32 Å². The Morgan fingerprint density at radius 1 is 1.45 bits per heavy atom. The zero-order chi connectivity index (χ0) is 14.7. The van der Waals surface area contributed by atoms with Crippen LogP contribution in [-0.2, 0) is 9.53 Å². The maximum absolute atomic E-state index is 13.1. The highest BCUT2D eigenvalue weighted by atomic mass is 19.1. The molecule has 2 rings (SSSR count). The van der Waals surface area contributed by atoms with Gasteiger partial charge in [-0.05, 0) is 31.0 Å². The van der Waals surface area contributed by atoms with Crippen molar-refractivity contribution in [2.24, 2.45) is 5.73 Å². The van der Waals surface area contributed by atoms with Crippen molar-refractivity contribution < 1.29 is 23.8 Å². The molecule has 4 N–H and O–H groups in total. The van der Waals surface area contributed by atoms with Crippen LogP contribution in [0.1, 0.15) is 23.2 Å². The minimum Gasteiger partial charge on any atom is -0.479 e. The Balaban J connectivity index is 1.98. The van der Waals surface area contributed by atoms with Gasteiger partial charge in [0.15, 0.2) is 6.10 Å². The highest BCUT2D eigenvalue weighted by Crippen LogP contribution is 2.22. The lowest BCUT2D eigenvalue weighted by Crippen LogP contribution is -2.25. The van der Waals surface area contributed by atoms with Crippen LogP contribution in [0.4, 0.5) is 10.1 Å². The van der Waals surface area contributed by atoms with Crippen LogP contribution in [0.15, 0.2) is 18.2 Å². The molecule has 2 unspecified atom stereocenters. The van der Waals surface area contributed by atoms with Crippen molar-refractivity contribution in [2.75, 3.05) is 11.9 Å². The van der Waals surface area contributed by atoms with Gasteiger partial charge >= 0.3 is 5.97 Å². The van der Waals surface area contributed by atoms with Crippen LogP contribution in [0, 0.1) is 5.82 Å². The number of carbonyl (C=O) groups excluding carboxylic acids is 1. The number of benzene rings is 1. The van der Waals surface area contributed by atoms with E-state index < -0.39 is 23.8 Å². The molecular formula is C13H15FN2O4. The first kappa shape index (κ1) is 14.3. The smallest absolute Gasteiger partial charge is 0.332 e. The molecule has 2 atom stereocenters. The summed E-state index contributed by atoms with van der Waals surface area (Å²) in [5.41, 5.74) is 5.63. The summed E-state index contributed by atoms with van der Waals surface area (Å²) in [5.74, 6) is -2.26. The second-order valence-electron chi connectivity index (χ2n) is 4.60. The Kier molecular flexibility index (Phi) is 4.19. The predicted octanol–water partition coefficient (Wildman–Crippen LogP) is 0.969. The van der Waals surface area contributed by atoms with Crippen LogP contribution >= 0.6 is 0 Å². The predicted molar refractivity (Wildman–Crippen MR) is 68.9 cm³/mol. The second-order valence-corrected chi connectivity index (χ2v) is 4.60. The number of carbonyl (C=O) groups is 2. The van der Waals surface area contributed by atoms with E-state index in [1.54, 1.807) is 0 Å². The van der Waals surface area contributed by atoms with E-state index >= 15 is 0 Å². The first-order valence-corrected chi connectivity index (χ1v) is 6.19. The fourth-order valence-electron chi connectivity index (χ4n) is 2.14. The van der Waals surface area contributed by atoms with E-state index in [1.165, 1.54) is 12.1 Å². The maximum atomic E-state index is 13.1. The average molecular weight is 282 g/mol. The van der Waals surface area contributed by atoms with Crippen molar-refractivity contribution in [1.29, 1.82) is 0 Å². The number of carboxylic acid groups (broad SMARTS) is 1. The third-order valence-electron chi connectivity index (χ3n) is 3.15. The fraction of sp³-hybridized carbons (Fsp3) is 0.385. The van der Waals surface area contributed by atoms with Gasteiger partial charge in [0.2, 0.25) is 0 Å². The summed E-state index contributed by atoms with van der Waals surface area (Å²) in [4.78, 5) is 22.0. The molecule has 108 valence electrons. The third-order valence-corrected chi connectivity index (χ3v) is 3.15. The quantitative estimate of drug-likeness (QED) is 0.747. The van der Waals surface area contributed by atoms with Gasteiger partial charge < -0.3 is 20.9 Å². The summed E-state index contributed by atoms with van der Waals surface area (Å²) >= 11 is 0. The van der Waals surface area contributed by atoms with Crippen molar-refractivity contribution in [2.45, 2.75) is 25.0 Å². The molecule has 1 aromatic carbocycles. The van der Waals surface area contributed by atoms with Gasteiger partial charge in [-0.1, -0.05) is 0 Å². The van der Waals surface area contributed by atoms with Crippen LogP contribution in [0.5, 0.6) is 0 Å². The lowest BCUT2D eigenvalue weighted by molar-refractivity contribution is -0.149. The van der Waals surface area contributed by atoms with E-state index in [0.717, 1.165) is 6.07 Å². The second kappa shape index (κ2) is 5.87. The van der Waals surface area contributed by atoms with E-state index in [1.807, 2.05) is 0 Å². The summed E-state index contributed by atoms with van der Waals surface area (Å²) in [6.07, 6.45) is 0.0118. The van der Waals surface area contributed by atoms with Crippen LogP contribution < -0.4 is 11.1 Å². The Hall–Kier alpha value is -2.15. The monoisotopic (exact) mass is 282 g/mol. The number of anilines is 1. The number of rotatable bonds is 5. The zero-order valence-corrected chi connectivity index (χ0v) is 10.6. The fourth-order valence-corrected chi connectivity index (χ4v) is 2.14. The summed E-state index contributed by atoms with van der Waals surface area (Å²) in [6.45, 7) is 0.329. The van der Waals surface area contributed by atoms with Crippen LogP contribution in [0.25, 0.3) is 0 Å². The van der Waals surface area contributed by atoms with Crippen LogP contribution in [0.3, 0.4) is 0 Å². The largest absolute Gasteiger partial charge is 0.479 e. The molecule has 0 bridgehead atoms. The Morgan fingerprint density at radius 3 is 2.80 bits per heavy atom. The average Bonchev–Trinajstić information content (AvgIpc) is 2.86. The molecule has 1 aromatic rings. The number of hydrogen-bond donors (Lipinski definition) is 3. The molecule has 20 heavy (non-hydrogen) atoms. The van der Waals surface area contributed by atoms with E-state index in [0.29, 0.717) is 25.1 Å². The van der Waals surface area contributed by atoms with Crippen LogP contribution in [-0.4, -0.2) is 35.7 Å². The molecule has 1 fully saturated rings. The van der Waals surface area contributed by atoms with Crippen molar-refractivity contribution >= 4 is 17.6 Å². The van der Waals surface area contributed by atoms with E-state index in [-0.39, 0.29) is 11.7 Å².